The van der Waals surface area contributed by atoms with Crippen LogP contribution in [0.5, 0.6) is 0 Å². The van der Waals surface area contributed by atoms with Gasteiger partial charge in [0.15, 0.2) is 5.78 Å². The number of fused-ring (bicyclic) bond motifs is 1. The molecule has 1 saturated heterocycles. The molecular weight excluding hydrogens is 398 g/mol. The number of ketones is 1. The molecule has 0 unspecified atom stereocenters. The summed E-state index contributed by atoms with van der Waals surface area (Å²) in [5.74, 6) is 0.0234. The van der Waals surface area contributed by atoms with Gasteiger partial charge in [-0.2, -0.15) is 0 Å². The Hall–Kier alpha value is -2.97. The number of benzene rings is 2. The average molecular weight is 420 g/mol. The van der Waals surface area contributed by atoms with Crippen LogP contribution in [0.25, 0.3) is 10.9 Å². The van der Waals surface area contributed by atoms with Crippen molar-refractivity contribution in [1.29, 1.82) is 0 Å². The zero-order valence-electron chi connectivity index (χ0n) is 16.3. The number of carbonyl (C=O) groups excluding carboxylic acids is 1. The lowest BCUT2D eigenvalue weighted by Gasteiger charge is -2.16. The summed E-state index contributed by atoms with van der Waals surface area (Å²) in [7, 11) is 0. The molecule has 1 aliphatic rings. The number of thioether (sulfide) groups is 1. The van der Waals surface area contributed by atoms with Crippen LogP contribution in [0.1, 0.15) is 34.0 Å². The number of tetrazole rings is 1. The molecule has 0 spiro atoms. The lowest BCUT2D eigenvalue weighted by Crippen LogP contribution is -2.18. The Balaban J connectivity index is 1.48. The summed E-state index contributed by atoms with van der Waals surface area (Å²) in [6.07, 6.45) is 3.97. The minimum atomic E-state index is -0.459. The molecule has 3 heterocycles. The van der Waals surface area contributed by atoms with E-state index in [1.54, 1.807) is 10.9 Å². The van der Waals surface area contributed by atoms with Gasteiger partial charge in [0.2, 0.25) is 5.16 Å². The molecule has 1 fully saturated rings. The zero-order valence-corrected chi connectivity index (χ0v) is 17.1. The highest BCUT2D eigenvalue weighted by molar-refractivity contribution is 8.00. The van der Waals surface area contributed by atoms with Gasteiger partial charge in [0.05, 0.1) is 12.6 Å². The van der Waals surface area contributed by atoms with Crippen molar-refractivity contribution in [2.75, 3.05) is 6.61 Å². The Kier molecular flexibility index (Phi) is 5.33. The summed E-state index contributed by atoms with van der Waals surface area (Å²) in [5.41, 5.74) is 2.54. The number of H-pyrrole nitrogens is 1. The maximum absolute atomic E-state index is 13.7. The van der Waals surface area contributed by atoms with Crippen LogP contribution in [0.4, 0.5) is 0 Å². The van der Waals surface area contributed by atoms with Gasteiger partial charge in [-0.25, -0.2) is 4.68 Å². The van der Waals surface area contributed by atoms with E-state index in [2.05, 4.69) is 20.5 Å². The van der Waals surface area contributed by atoms with Gasteiger partial charge in [-0.05, 0) is 34.9 Å². The first-order valence-electron chi connectivity index (χ1n) is 9.99. The van der Waals surface area contributed by atoms with Crippen molar-refractivity contribution in [3.63, 3.8) is 0 Å². The van der Waals surface area contributed by atoms with Gasteiger partial charge < -0.3 is 9.72 Å². The van der Waals surface area contributed by atoms with Crippen LogP contribution < -0.4 is 0 Å². The normalized spacial score (nSPS) is 17.4. The first-order chi connectivity index (χ1) is 14.8. The van der Waals surface area contributed by atoms with Gasteiger partial charge in [0.25, 0.3) is 0 Å². The molecule has 2 atom stereocenters. The third-order valence-electron chi connectivity index (χ3n) is 5.32. The molecule has 7 nitrogen and oxygen atoms in total. The highest BCUT2D eigenvalue weighted by Gasteiger charge is 2.28. The number of ether oxygens (including phenoxy) is 1. The molecule has 0 amide bonds. The second-order valence-corrected chi connectivity index (χ2v) is 8.37. The van der Waals surface area contributed by atoms with E-state index in [-0.39, 0.29) is 11.9 Å². The smallest absolute Gasteiger partial charge is 0.210 e. The maximum atomic E-state index is 13.7. The van der Waals surface area contributed by atoms with Gasteiger partial charge >= 0.3 is 0 Å². The molecule has 2 aromatic heterocycles. The van der Waals surface area contributed by atoms with Gasteiger partial charge in [-0.1, -0.05) is 60.3 Å². The van der Waals surface area contributed by atoms with Gasteiger partial charge in [0.1, 0.15) is 5.25 Å². The molecule has 8 heteroatoms. The molecule has 0 aliphatic carbocycles. The minimum absolute atomic E-state index is 0.0234. The van der Waals surface area contributed by atoms with Crippen molar-refractivity contribution >= 4 is 28.4 Å². The van der Waals surface area contributed by atoms with Crippen LogP contribution in [-0.2, 0) is 11.3 Å². The summed E-state index contributed by atoms with van der Waals surface area (Å²) in [5, 5.41) is 13.3. The lowest BCUT2D eigenvalue weighted by atomic mass is 10.0. The predicted octanol–water partition coefficient (Wildman–Crippen LogP) is 4.05. The third-order valence-corrected chi connectivity index (χ3v) is 6.54. The molecule has 1 aliphatic heterocycles. The molecule has 0 bridgehead atoms. The third kappa shape index (κ3) is 3.76. The molecule has 0 saturated carbocycles. The van der Waals surface area contributed by atoms with E-state index in [0.717, 1.165) is 35.9 Å². The number of aromatic nitrogens is 5. The number of hydrogen-bond donors (Lipinski definition) is 1. The number of nitrogens with one attached hydrogen (secondary N) is 1. The molecule has 0 radical (unpaired) electrons. The Morgan fingerprint density at radius 2 is 2.03 bits per heavy atom. The molecular formula is C22H21N5O2S. The monoisotopic (exact) mass is 419 g/mol. The fraction of sp³-hybridized carbons (Fsp3) is 0.273. The van der Waals surface area contributed by atoms with E-state index in [4.69, 9.17) is 4.74 Å². The van der Waals surface area contributed by atoms with Crippen LogP contribution in [0.3, 0.4) is 0 Å². The zero-order chi connectivity index (χ0) is 20.3. The molecule has 4 aromatic rings. The second-order valence-electron chi connectivity index (χ2n) is 7.30. The van der Waals surface area contributed by atoms with Crippen molar-refractivity contribution in [3.05, 3.63) is 71.9 Å². The van der Waals surface area contributed by atoms with Gasteiger partial charge in [-0.15, -0.1) is 5.10 Å². The number of nitrogens with zero attached hydrogens (tertiary/aromatic N) is 4. The van der Waals surface area contributed by atoms with Crippen LogP contribution in [0, 0.1) is 0 Å². The number of rotatable bonds is 7. The topological polar surface area (TPSA) is 85.7 Å². The fourth-order valence-corrected chi connectivity index (χ4v) is 4.85. The second kappa shape index (κ2) is 8.41. The molecule has 1 N–H and O–H groups in total. The number of carbonyl (C=O) groups is 1. The Morgan fingerprint density at radius 3 is 2.87 bits per heavy atom. The Bertz CT molecular complexity index is 1150. The Labute approximate surface area is 177 Å². The van der Waals surface area contributed by atoms with Crippen molar-refractivity contribution in [2.24, 2.45) is 0 Å². The van der Waals surface area contributed by atoms with Crippen LogP contribution in [0.2, 0.25) is 0 Å². The standard InChI is InChI=1S/C22H21N5O2S/c28-20(18-13-23-19-11-5-4-10-17(18)19)21(15-7-2-1-3-8-15)30-22-24-25-26-27(22)14-16-9-6-12-29-16/h1-5,7-8,10-11,13,16,21,23H,6,9,12,14H2/t16-,21-/m0/s1. The van der Waals surface area contributed by atoms with Crippen LogP contribution >= 0.6 is 11.8 Å². The number of hydrogen-bond acceptors (Lipinski definition) is 6. The summed E-state index contributed by atoms with van der Waals surface area (Å²) >= 11 is 1.38. The van der Waals surface area contributed by atoms with Crippen molar-refractivity contribution in [1.82, 2.24) is 25.2 Å². The quantitative estimate of drug-likeness (QED) is 0.359. The maximum Gasteiger partial charge on any atom is 0.210 e. The molecule has 30 heavy (non-hydrogen) atoms. The van der Waals surface area contributed by atoms with Crippen molar-refractivity contribution in [2.45, 2.75) is 35.9 Å². The molecule has 152 valence electrons. The average Bonchev–Trinajstić information content (AvgIpc) is 3.54. The number of Topliss-reactive ketones (excluding diaryl/α,β-unsaturated/α-hetero) is 1. The molecule has 2 aromatic carbocycles. The van der Waals surface area contributed by atoms with Gasteiger partial charge in [0, 0.05) is 29.3 Å². The lowest BCUT2D eigenvalue weighted by molar-refractivity contribution is 0.0911. The van der Waals surface area contributed by atoms with E-state index in [1.807, 2.05) is 54.6 Å². The highest BCUT2D eigenvalue weighted by atomic mass is 32.2. The minimum Gasteiger partial charge on any atom is -0.376 e. The largest absolute Gasteiger partial charge is 0.376 e. The van der Waals surface area contributed by atoms with Crippen molar-refractivity contribution < 1.29 is 9.53 Å². The first-order valence-corrected chi connectivity index (χ1v) is 10.9. The van der Waals surface area contributed by atoms with Crippen LogP contribution in [0.15, 0.2) is 66.0 Å². The number of aromatic amines is 1. The summed E-state index contributed by atoms with van der Waals surface area (Å²) in [6, 6.07) is 17.6. The van der Waals surface area contributed by atoms with E-state index in [9.17, 15) is 4.79 Å². The predicted molar refractivity (Wildman–Crippen MR) is 114 cm³/mol. The van der Waals surface area contributed by atoms with E-state index >= 15 is 0 Å². The SMILES string of the molecule is O=C(c1c[nH]c2ccccc12)[C@@H](Sc1nnnn1C[C@@H]1CCCO1)c1ccccc1. The number of para-hydroxylation sites is 1. The summed E-state index contributed by atoms with van der Waals surface area (Å²) < 4.78 is 7.48. The van der Waals surface area contributed by atoms with E-state index in [0.29, 0.717) is 17.3 Å². The fourth-order valence-electron chi connectivity index (χ4n) is 3.80. The first kappa shape index (κ1) is 19.0. The molecule has 5 rings (SSSR count). The summed E-state index contributed by atoms with van der Waals surface area (Å²) in [6.45, 7) is 1.37. The summed E-state index contributed by atoms with van der Waals surface area (Å²) in [4.78, 5) is 16.9. The van der Waals surface area contributed by atoms with Crippen LogP contribution in [-0.4, -0.2) is 43.7 Å². The van der Waals surface area contributed by atoms with E-state index < -0.39 is 5.25 Å². The van der Waals surface area contributed by atoms with E-state index in [1.165, 1.54) is 11.8 Å². The van der Waals surface area contributed by atoms with Gasteiger partial charge in [-0.3, -0.25) is 4.79 Å². The highest BCUT2D eigenvalue weighted by Crippen LogP contribution is 2.38. The van der Waals surface area contributed by atoms with Crippen molar-refractivity contribution in [3.8, 4) is 0 Å². The Morgan fingerprint density at radius 1 is 1.20 bits per heavy atom.